The summed E-state index contributed by atoms with van der Waals surface area (Å²) >= 11 is 0. The first-order chi connectivity index (χ1) is 6.57. The number of carboxylic acids is 1. The van der Waals surface area contributed by atoms with E-state index in [1.54, 1.807) is 13.8 Å². The lowest BCUT2D eigenvalue weighted by atomic mass is 9.95. The SMILES string of the molecule is CC(C)CS(=O)(=O)NCC(C)(C)C(=O)O. The Morgan fingerprint density at radius 3 is 2.20 bits per heavy atom. The maximum absolute atomic E-state index is 11.4. The van der Waals surface area contributed by atoms with Gasteiger partial charge in [0.25, 0.3) is 0 Å². The third-order valence-corrected chi connectivity index (χ3v) is 3.56. The molecule has 15 heavy (non-hydrogen) atoms. The van der Waals surface area contributed by atoms with Gasteiger partial charge in [0, 0.05) is 6.54 Å². The van der Waals surface area contributed by atoms with Crippen LogP contribution in [0.4, 0.5) is 0 Å². The van der Waals surface area contributed by atoms with E-state index >= 15 is 0 Å². The van der Waals surface area contributed by atoms with Gasteiger partial charge in [0.05, 0.1) is 11.2 Å². The third kappa shape index (κ3) is 5.74. The summed E-state index contributed by atoms with van der Waals surface area (Å²) in [5, 5.41) is 8.79. The molecule has 0 atom stereocenters. The predicted molar refractivity (Wildman–Crippen MR) is 58.0 cm³/mol. The van der Waals surface area contributed by atoms with Gasteiger partial charge in [-0.2, -0.15) is 0 Å². The van der Waals surface area contributed by atoms with Gasteiger partial charge in [0.15, 0.2) is 0 Å². The highest BCUT2D eigenvalue weighted by atomic mass is 32.2. The Hall–Kier alpha value is -0.620. The second-order valence-corrected chi connectivity index (χ2v) is 6.54. The Bertz CT molecular complexity index is 319. The fourth-order valence-corrected chi connectivity index (χ4v) is 2.44. The normalized spacial score (nSPS) is 13.1. The molecule has 5 nitrogen and oxygen atoms in total. The molecule has 0 aliphatic carbocycles. The first-order valence-corrected chi connectivity index (χ1v) is 6.43. The van der Waals surface area contributed by atoms with E-state index in [4.69, 9.17) is 5.11 Å². The van der Waals surface area contributed by atoms with Gasteiger partial charge in [-0.1, -0.05) is 13.8 Å². The quantitative estimate of drug-likeness (QED) is 0.711. The van der Waals surface area contributed by atoms with Crippen molar-refractivity contribution in [2.24, 2.45) is 11.3 Å². The van der Waals surface area contributed by atoms with E-state index in [0.29, 0.717) is 0 Å². The molecule has 0 aromatic carbocycles. The largest absolute Gasteiger partial charge is 0.481 e. The van der Waals surface area contributed by atoms with Crippen LogP contribution in [0.3, 0.4) is 0 Å². The molecule has 0 rings (SSSR count). The summed E-state index contributed by atoms with van der Waals surface area (Å²) in [6.07, 6.45) is 0. The molecular weight excluding hydrogens is 218 g/mol. The Morgan fingerprint density at radius 2 is 1.87 bits per heavy atom. The van der Waals surface area contributed by atoms with Crippen molar-refractivity contribution in [3.8, 4) is 0 Å². The molecule has 0 bridgehead atoms. The van der Waals surface area contributed by atoms with Crippen molar-refractivity contribution in [1.82, 2.24) is 4.72 Å². The van der Waals surface area contributed by atoms with Crippen molar-refractivity contribution in [2.75, 3.05) is 12.3 Å². The topological polar surface area (TPSA) is 83.5 Å². The second kappa shape index (κ2) is 4.94. The lowest BCUT2D eigenvalue weighted by Crippen LogP contribution is -2.40. The van der Waals surface area contributed by atoms with Crippen LogP contribution in [-0.4, -0.2) is 31.8 Å². The second-order valence-electron chi connectivity index (χ2n) is 4.69. The molecule has 0 heterocycles. The molecule has 0 spiro atoms. The van der Waals surface area contributed by atoms with E-state index in [9.17, 15) is 13.2 Å². The summed E-state index contributed by atoms with van der Waals surface area (Å²) in [6.45, 7) is 6.46. The van der Waals surface area contributed by atoms with Crippen molar-refractivity contribution in [3.05, 3.63) is 0 Å². The van der Waals surface area contributed by atoms with Gasteiger partial charge in [0.2, 0.25) is 10.0 Å². The summed E-state index contributed by atoms with van der Waals surface area (Å²) in [5.74, 6) is -0.979. The Morgan fingerprint density at radius 1 is 1.40 bits per heavy atom. The average Bonchev–Trinajstić information content (AvgIpc) is 1.98. The maximum atomic E-state index is 11.4. The van der Waals surface area contributed by atoms with Crippen LogP contribution in [-0.2, 0) is 14.8 Å². The van der Waals surface area contributed by atoms with Gasteiger partial charge in [0.1, 0.15) is 0 Å². The van der Waals surface area contributed by atoms with E-state index in [2.05, 4.69) is 4.72 Å². The standard InChI is InChI=1S/C9H19NO4S/c1-7(2)5-15(13,14)10-6-9(3,4)8(11)12/h7,10H,5-6H2,1-4H3,(H,11,12). The summed E-state index contributed by atoms with van der Waals surface area (Å²) in [5.41, 5.74) is -1.08. The number of rotatable bonds is 6. The molecular formula is C9H19NO4S. The van der Waals surface area contributed by atoms with E-state index in [1.165, 1.54) is 13.8 Å². The summed E-state index contributed by atoms with van der Waals surface area (Å²) in [4.78, 5) is 10.7. The first-order valence-electron chi connectivity index (χ1n) is 4.77. The van der Waals surface area contributed by atoms with Crippen LogP contribution in [0.1, 0.15) is 27.7 Å². The molecule has 0 saturated carbocycles. The molecule has 0 fully saturated rings. The van der Waals surface area contributed by atoms with Crippen LogP contribution in [0, 0.1) is 11.3 Å². The van der Waals surface area contributed by atoms with E-state index in [-0.39, 0.29) is 18.2 Å². The van der Waals surface area contributed by atoms with Crippen molar-refractivity contribution in [1.29, 1.82) is 0 Å². The molecule has 0 aliphatic heterocycles. The lowest BCUT2D eigenvalue weighted by Gasteiger charge is -2.19. The minimum Gasteiger partial charge on any atom is -0.481 e. The van der Waals surface area contributed by atoms with Gasteiger partial charge in [-0.3, -0.25) is 4.79 Å². The molecule has 0 unspecified atom stereocenters. The minimum atomic E-state index is -3.36. The zero-order valence-electron chi connectivity index (χ0n) is 9.57. The zero-order valence-corrected chi connectivity index (χ0v) is 10.4. The van der Waals surface area contributed by atoms with Crippen LogP contribution in [0.5, 0.6) is 0 Å². The molecule has 0 radical (unpaired) electrons. The van der Waals surface area contributed by atoms with E-state index in [1.807, 2.05) is 0 Å². The zero-order chi connectivity index (χ0) is 12.3. The van der Waals surface area contributed by atoms with Crippen LogP contribution in [0.2, 0.25) is 0 Å². The van der Waals surface area contributed by atoms with Gasteiger partial charge < -0.3 is 5.11 Å². The minimum absolute atomic E-state index is 0.0166. The van der Waals surface area contributed by atoms with Gasteiger partial charge in [-0.05, 0) is 19.8 Å². The smallest absolute Gasteiger partial charge is 0.310 e. The monoisotopic (exact) mass is 237 g/mol. The molecule has 0 aromatic rings. The van der Waals surface area contributed by atoms with Crippen LogP contribution in [0.15, 0.2) is 0 Å². The van der Waals surface area contributed by atoms with Gasteiger partial charge >= 0.3 is 5.97 Å². The predicted octanol–water partition coefficient (Wildman–Crippen LogP) is 0.673. The lowest BCUT2D eigenvalue weighted by molar-refractivity contribution is -0.146. The number of carbonyl (C=O) groups is 1. The summed E-state index contributed by atoms with van der Waals surface area (Å²) in [7, 11) is -3.36. The molecule has 2 N–H and O–H groups in total. The number of sulfonamides is 1. The van der Waals surface area contributed by atoms with Gasteiger partial charge in [-0.25, -0.2) is 13.1 Å². The van der Waals surface area contributed by atoms with Crippen LogP contribution < -0.4 is 4.72 Å². The molecule has 0 saturated heterocycles. The fraction of sp³-hybridized carbons (Fsp3) is 0.889. The summed E-state index contributed by atoms with van der Waals surface area (Å²) in [6, 6.07) is 0. The number of nitrogens with one attached hydrogen (secondary N) is 1. The number of hydrogen-bond donors (Lipinski definition) is 2. The van der Waals surface area contributed by atoms with Crippen molar-refractivity contribution < 1.29 is 18.3 Å². The molecule has 0 amide bonds. The van der Waals surface area contributed by atoms with Crippen molar-refractivity contribution in [2.45, 2.75) is 27.7 Å². The number of hydrogen-bond acceptors (Lipinski definition) is 3. The highest BCUT2D eigenvalue weighted by Crippen LogP contribution is 2.13. The highest BCUT2D eigenvalue weighted by Gasteiger charge is 2.28. The number of carboxylic acid groups (broad SMARTS) is 1. The Kier molecular flexibility index (Phi) is 4.73. The Labute approximate surface area is 90.9 Å². The summed E-state index contributed by atoms with van der Waals surface area (Å²) < 4.78 is 25.1. The third-order valence-electron chi connectivity index (χ3n) is 1.87. The first kappa shape index (κ1) is 14.4. The van der Waals surface area contributed by atoms with Crippen LogP contribution >= 0.6 is 0 Å². The van der Waals surface area contributed by atoms with Gasteiger partial charge in [-0.15, -0.1) is 0 Å². The average molecular weight is 237 g/mol. The van der Waals surface area contributed by atoms with Crippen LogP contribution in [0.25, 0.3) is 0 Å². The Balaban J connectivity index is 4.34. The molecule has 0 aliphatic rings. The maximum Gasteiger partial charge on any atom is 0.310 e. The van der Waals surface area contributed by atoms with Crippen molar-refractivity contribution in [3.63, 3.8) is 0 Å². The fourth-order valence-electron chi connectivity index (χ4n) is 0.864. The number of aliphatic carboxylic acids is 1. The molecule has 90 valence electrons. The van der Waals surface area contributed by atoms with E-state index < -0.39 is 21.4 Å². The molecule has 0 aromatic heterocycles. The van der Waals surface area contributed by atoms with E-state index in [0.717, 1.165) is 0 Å². The van der Waals surface area contributed by atoms with Crippen molar-refractivity contribution >= 4 is 16.0 Å². The molecule has 6 heteroatoms. The highest BCUT2D eigenvalue weighted by molar-refractivity contribution is 7.89.